The fraction of sp³-hybridized carbons (Fsp3) is 0.294. The van der Waals surface area contributed by atoms with Gasteiger partial charge in [-0.15, -0.1) is 0 Å². The number of fused-ring (bicyclic) bond motifs is 1. The molecule has 2 aromatic rings. The highest BCUT2D eigenvalue weighted by Crippen LogP contribution is 2.41. The van der Waals surface area contributed by atoms with Crippen molar-refractivity contribution in [3.8, 4) is 0 Å². The largest absolute Gasteiger partial charge is 0.380 e. The van der Waals surface area contributed by atoms with Gasteiger partial charge < -0.3 is 5.11 Å². The molecule has 0 amide bonds. The average Bonchev–Trinajstić information content (AvgIpc) is 2.63. The maximum Gasteiger partial charge on any atom is 0.115 e. The minimum absolute atomic E-state index is 0.485. The van der Waals surface area contributed by atoms with E-state index in [2.05, 4.69) is 6.07 Å². The Balaban J connectivity index is 2.17. The number of aryl methyl sites for hydroxylation is 1. The molecule has 0 aromatic heterocycles. The van der Waals surface area contributed by atoms with Gasteiger partial charge in [-0.2, -0.15) is 0 Å². The zero-order chi connectivity index (χ0) is 14.2. The molecule has 1 aliphatic rings. The van der Waals surface area contributed by atoms with Gasteiger partial charge in [0, 0.05) is 0 Å². The molecular weight excluding hydrogens is 291 g/mol. The third-order valence-corrected chi connectivity index (χ3v) is 4.83. The first kappa shape index (κ1) is 13.9. The lowest BCUT2D eigenvalue weighted by Crippen LogP contribution is -2.27. The first-order valence-electron chi connectivity index (χ1n) is 6.87. The Morgan fingerprint density at radius 3 is 2.55 bits per heavy atom. The molecule has 104 valence electrons. The summed E-state index contributed by atoms with van der Waals surface area (Å²) in [5.74, 6) is 0. The molecule has 1 unspecified atom stereocenters. The second kappa shape index (κ2) is 5.40. The van der Waals surface area contributed by atoms with Crippen molar-refractivity contribution in [2.45, 2.75) is 31.3 Å². The van der Waals surface area contributed by atoms with Crippen molar-refractivity contribution in [1.82, 2.24) is 0 Å². The quantitative estimate of drug-likeness (QED) is 0.739. The Bertz CT molecular complexity index is 639. The molecule has 2 aromatic carbocycles. The van der Waals surface area contributed by atoms with Crippen molar-refractivity contribution in [1.29, 1.82) is 0 Å². The number of hydrogen-bond donors (Lipinski definition) is 1. The van der Waals surface area contributed by atoms with E-state index in [4.69, 9.17) is 23.2 Å². The van der Waals surface area contributed by atoms with Gasteiger partial charge >= 0.3 is 0 Å². The van der Waals surface area contributed by atoms with Crippen LogP contribution < -0.4 is 0 Å². The molecule has 3 rings (SSSR count). The molecule has 1 aliphatic carbocycles. The van der Waals surface area contributed by atoms with Crippen molar-refractivity contribution in [3.63, 3.8) is 0 Å². The molecule has 1 nitrogen and oxygen atoms in total. The smallest absolute Gasteiger partial charge is 0.115 e. The van der Waals surface area contributed by atoms with Crippen LogP contribution in [0.5, 0.6) is 0 Å². The van der Waals surface area contributed by atoms with E-state index in [9.17, 15) is 5.11 Å². The molecule has 0 fully saturated rings. The first-order valence-corrected chi connectivity index (χ1v) is 7.63. The van der Waals surface area contributed by atoms with Gasteiger partial charge in [-0.1, -0.05) is 53.5 Å². The Morgan fingerprint density at radius 1 is 0.950 bits per heavy atom. The molecule has 1 N–H and O–H groups in total. The molecular formula is C17H16Cl2O. The summed E-state index contributed by atoms with van der Waals surface area (Å²) >= 11 is 12.1. The Kier molecular flexibility index (Phi) is 3.76. The van der Waals surface area contributed by atoms with Crippen LogP contribution >= 0.6 is 23.2 Å². The van der Waals surface area contributed by atoms with Gasteiger partial charge in [0.25, 0.3) is 0 Å². The number of benzene rings is 2. The van der Waals surface area contributed by atoms with Gasteiger partial charge in [0.15, 0.2) is 0 Å². The summed E-state index contributed by atoms with van der Waals surface area (Å²) in [5, 5.41) is 12.3. The summed E-state index contributed by atoms with van der Waals surface area (Å²) in [6.45, 7) is 0. The molecule has 0 spiro atoms. The monoisotopic (exact) mass is 306 g/mol. The highest BCUT2D eigenvalue weighted by atomic mass is 35.5. The minimum atomic E-state index is -0.971. The second-order valence-corrected chi connectivity index (χ2v) is 6.17. The van der Waals surface area contributed by atoms with Crippen molar-refractivity contribution in [2.24, 2.45) is 0 Å². The van der Waals surface area contributed by atoms with E-state index in [0.29, 0.717) is 16.5 Å². The third kappa shape index (κ3) is 2.35. The van der Waals surface area contributed by atoms with Gasteiger partial charge in [0.2, 0.25) is 0 Å². The maximum atomic E-state index is 11.3. The van der Waals surface area contributed by atoms with Crippen LogP contribution in [0.15, 0.2) is 42.5 Å². The molecule has 20 heavy (non-hydrogen) atoms. The SMILES string of the molecule is OC1(c2ccc(Cl)c(Cl)c2)CCCCc2ccccc21. The normalized spacial score (nSPS) is 22.1. The van der Waals surface area contributed by atoms with E-state index in [-0.39, 0.29) is 0 Å². The predicted molar refractivity (Wildman–Crippen MR) is 83.5 cm³/mol. The summed E-state index contributed by atoms with van der Waals surface area (Å²) in [6.07, 6.45) is 3.81. The van der Waals surface area contributed by atoms with Crippen LogP contribution in [0.3, 0.4) is 0 Å². The summed E-state index contributed by atoms with van der Waals surface area (Å²) in [7, 11) is 0. The van der Waals surface area contributed by atoms with E-state index >= 15 is 0 Å². The highest BCUT2D eigenvalue weighted by molar-refractivity contribution is 6.42. The lowest BCUT2D eigenvalue weighted by molar-refractivity contribution is 0.0705. The molecule has 0 saturated heterocycles. The van der Waals surface area contributed by atoms with Crippen LogP contribution in [0.1, 0.15) is 36.0 Å². The molecule has 0 bridgehead atoms. The summed E-state index contributed by atoms with van der Waals surface area (Å²) in [5.41, 5.74) is 2.07. The van der Waals surface area contributed by atoms with Gasteiger partial charge in [0.1, 0.15) is 5.60 Å². The average molecular weight is 307 g/mol. The summed E-state index contributed by atoms with van der Waals surface area (Å²) < 4.78 is 0. The predicted octanol–water partition coefficient (Wildman–Crippen LogP) is 4.96. The topological polar surface area (TPSA) is 20.2 Å². The number of rotatable bonds is 1. The van der Waals surface area contributed by atoms with Crippen LogP contribution in [-0.4, -0.2) is 5.11 Å². The minimum Gasteiger partial charge on any atom is -0.380 e. The van der Waals surface area contributed by atoms with E-state index in [0.717, 1.165) is 30.4 Å². The van der Waals surface area contributed by atoms with Crippen LogP contribution in [0, 0.1) is 0 Å². The standard InChI is InChI=1S/C17H16Cl2O/c18-15-9-8-13(11-16(15)19)17(20)10-4-3-6-12-5-1-2-7-14(12)17/h1-2,5,7-9,11,20H,3-4,6,10H2. The Morgan fingerprint density at radius 2 is 1.75 bits per heavy atom. The lowest BCUT2D eigenvalue weighted by atomic mass is 9.82. The van der Waals surface area contributed by atoms with Crippen molar-refractivity contribution >= 4 is 23.2 Å². The molecule has 0 aliphatic heterocycles. The summed E-state index contributed by atoms with van der Waals surface area (Å²) in [6, 6.07) is 13.5. The van der Waals surface area contributed by atoms with E-state index in [1.54, 1.807) is 12.1 Å². The van der Waals surface area contributed by atoms with Crippen molar-refractivity contribution in [3.05, 3.63) is 69.2 Å². The molecule has 1 atom stereocenters. The van der Waals surface area contributed by atoms with E-state index < -0.39 is 5.60 Å². The first-order chi connectivity index (χ1) is 9.61. The maximum absolute atomic E-state index is 11.3. The van der Waals surface area contributed by atoms with Crippen LogP contribution in [0.2, 0.25) is 10.0 Å². The van der Waals surface area contributed by atoms with Gasteiger partial charge in [-0.3, -0.25) is 0 Å². The molecule has 0 heterocycles. The van der Waals surface area contributed by atoms with Crippen molar-refractivity contribution in [2.75, 3.05) is 0 Å². The van der Waals surface area contributed by atoms with Gasteiger partial charge in [-0.25, -0.2) is 0 Å². The van der Waals surface area contributed by atoms with Crippen LogP contribution in [0.4, 0.5) is 0 Å². The molecule has 3 heteroatoms. The number of hydrogen-bond acceptors (Lipinski definition) is 1. The third-order valence-electron chi connectivity index (χ3n) is 4.09. The van der Waals surface area contributed by atoms with Crippen LogP contribution in [-0.2, 0) is 12.0 Å². The summed E-state index contributed by atoms with van der Waals surface area (Å²) in [4.78, 5) is 0. The number of aliphatic hydroxyl groups is 1. The Labute approximate surface area is 129 Å². The lowest BCUT2D eigenvalue weighted by Gasteiger charge is -2.30. The zero-order valence-electron chi connectivity index (χ0n) is 11.1. The fourth-order valence-corrected chi connectivity index (χ4v) is 3.32. The van der Waals surface area contributed by atoms with E-state index in [1.165, 1.54) is 5.56 Å². The Hall–Kier alpha value is -1.02. The number of halogens is 2. The second-order valence-electron chi connectivity index (χ2n) is 5.35. The molecule has 0 saturated carbocycles. The zero-order valence-corrected chi connectivity index (χ0v) is 12.6. The highest BCUT2D eigenvalue weighted by Gasteiger charge is 2.34. The molecule has 0 radical (unpaired) electrons. The van der Waals surface area contributed by atoms with Crippen LogP contribution in [0.25, 0.3) is 0 Å². The van der Waals surface area contributed by atoms with Gasteiger partial charge in [-0.05, 0) is 54.5 Å². The fourth-order valence-electron chi connectivity index (χ4n) is 3.03. The van der Waals surface area contributed by atoms with Gasteiger partial charge in [0.05, 0.1) is 10.0 Å². The van der Waals surface area contributed by atoms with Crippen molar-refractivity contribution < 1.29 is 5.11 Å². The van der Waals surface area contributed by atoms with E-state index in [1.807, 2.05) is 24.3 Å².